The number of aromatic nitrogens is 1. The van der Waals surface area contributed by atoms with Crippen LogP contribution in [0.15, 0.2) is 66.9 Å². The summed E-state index contributed by atoms with van der Waals surface area (Å²) in [5, 5.41) is 0. The molecule has 1 aliphatic carbocycles. The zero-order valence-electron chi connectivity index (χ0n) is 15.9. The molecule has 2 aromatic carbocycles. The van der Waals surface area contributed by atoms with Gasteiger partial charge in [0, 0.05) is 18.4 Å². The number of carbonyl (C=O) groups excluding carboxylic acids is 1. The summed E-state index contributed by atoms with van der Waals surface area (Å²) in [7, 11) is 0. The molecule has 1 amide bonds. The molecule has 1 aromatic heterocycles. The second kappa shape index (κ2) is 7.36. The van der Waals surface area contributed by atoms with Crippen LogP contribution >= 0.6 is 0 Å². The molecule has 1 aliphatic rings. The number of carbonyl (C=O) groups is 1. The lowest BCUT2D eigenvalue weighted by Gasteiger charge is -2.30. The number of rotatable bonds is 4. The van der Waals surface area contributed by atoms with Crippen molar-refractivity contribution in [2.75, 3.05) is 0 Å². The van der Waals surface area contributed by atoms with Crippen molar-refractivity contribution in [2.24, 2.45) is 0 Å². The second-order valence-corrected chi connectivity index (χ2v) is 7.36. The van der Waals surface area contributed by atoms with Gasteiger partial charge in [0.05, 0.1) is 11.6 Å². The van der Waals surface area contributed by atoms with Crippen molar-refractivity contribution < 1.29 is 4.79 Å². The Bertz CT molecular complexity index is 945. The van der Waals surface area contributed by atoms with E-state index in [-0.39, 0.29) is 11.9 Å². The number of aryl methyl sites for hydroxylation is 3. The molecule has 27 heavy (non-hydrogen) atoms. The van der Waals surface area contributed by atoms with Crippen molar-refractivity contribution in [3.8, 4) is 0 Å². The molecule has 1 atom stereocenters. The summed E-state index contributed by atoms with van der Waals surface area (Å²) >= 11 is 0. The molecular formula is C24H24N2O. The zero-order valence-corrected chi connectivity index (χ0v) is 15.9. The summed E-state index contributed by atoms with van der Waals surface area (Å²) in [5.41, 5.74) is 6.58. The van der Waals surface area contributed by atoms with Crippen LogP contribution in [0.4, 0.5) is 0 Å². The standard InChI is InChI=1S/C24H24N2O/c1-17-7-10-19(11-8-17)16-26(24(27)21-12-9-18(2)25-15-21)23-14-13-20-5-3-4-6-22(20)23/h3-12,15,23H,13-14,16H2,1-2H3. The minimum atomic E-state index is 0.0461. The predicted molar refractivity (Wildman–Crippen MR) is 108 cm³/mol. The van der Waals surface area contributed by atoms with Crippen molar-refractivity contribution in [2.45, 2.75) is 39.3 Å². The van der Waals surface area contributed by atoms with Gasteiger partial charge in [-0.3, -0.25) is 9.78 Å². The van der Waals surface area contributed by atoms with Gasteiger partial charge in [0.25, 0.3) is 5.91 Å². The van der Waals surface area contributed by atoms with E-state index in [2.05, 4.69) is 60.4 Å². The molecule has 1 heterocycles. The fourth-order valence-corrected chi connectivity index (χ4v) is 3.83. The number of fused-ring (bicyclic) bond motifs is 1. The third kappa shape index (κ3) is 3.63. The SMILES string of the molecule is Cc1ccc(CN(C(=O)c2ccc(C)nc2)C2CCc3ccccc32)cc1. The summed E-state index contributed by atoms with van der Waals surface area (Å²) < 4.78 is 0. The normalized spacial score (nSPS) is 15.4. The summed E-state index contributed by atoms with van der Waals surface area (Å²) in [6.45, 7) is 4.62. The van der Waals surface area contributed by atoms with Crippen LogP contribution in [-0.2, 0) is 13.0 Å². The molecule has 1 unspecified atom stereocenters. The van der Waals surface area contributed by atoms with Gasteiger partial charge >= 0.3 is 0 Å². The fourth-order valence-electron chi connectivity index (χ4n) is 3.83. The topological polar surface area (TPSA) is 33.2 Å². The van der Waals surface area contributed by atoms with Crippen molar-refractivity contribution in [3.05, 3.63) is 100 Å². The van der Waals surface area contributed by atoms with E-state index in [1.165, 1.54) is 16.7 Å². The summed E-state index contributed by atoms with van der Waals surface area (Å²) in [6, 6.07) is 20.8. The average Bonchev–Trinajstić information content (AvgIpc) is 3.11. The Morgan fingerprint density at radius 3 is 2.56 bits per heavy atom. The van der Waals surface area contributed by atoms with Crippen LogP contribution in [-0.4, -0.2) is 15.8 Å². The number of hydrogen-bond donors (Lipinski definition) is 0. The lowest BCUT2D eigenvalue weighted by molar-refractivity contribution is 0.0658. The quantitative estimate of drug-likeness (QED) is 0.657. The van der Waals surface area contributed by atoms with E-state index in [0.717, 1.165) is 24.1 Å². The van der Waals surface area contributed by atoms with E-state index >= 15 is 0 Å². The van der Waals surface area contributed by atoms with Gasteiger partial charge in [0.2, 0.25) is 0 Å². The van der Waals surface area contributed by atoms with Crippen LogP contribution in [0.25, 0.3) is 0 Å². The molecule has 4 rings (SSSR count). The average molecular weight is 356 g/mol. The largest absolute Gasteiger partial charge is 0.327 e. The highest BCUT2D eigenvalue weighted by Crippen LogP contribution is 2.37. The first-order valence-electron chi connectivity index (χ1n) is 9.49. The Kier molecular flexibility index (Phi) is 4.76. The molecule has 0 N–H and O–H groups in total. The molecule has 0 radical (unpaired) electrons. The van der Waals surface area contributed by atoms with Crippen molar-refractivity contribution >= 4 is 5.91 Å². The molecule has 136 valence electrons. The second-order valence-electron chi connectivity index (χ2n) is 7.36. The number of pyridine rings is 1. The van der Waals surface area contributed by atoms with Crippen molar-refractivity contribution in [1.82, 2.24) is 9.88 Å². The highest BCUT2D eigenvalue weighted by Gasteiger charge is 2.31. The maximum absolute atomic E-state index is 13.4. The molecule has 3 nitrogen and oxygen atoms in total. The number of hydrogen-bond acceptors (Lipinski definition) is 2. The molecule has 0 spiro atoms. The summed E-state index contributed by atoms with van der Waals surface area (Å²) in [5.74, 6) is 0.0461. The first-order chi connectivity index (χ1) is 13.1. The minimum absolute atomic E-state index is 0.0461. The van der Waals surface area contributed by atoms with Crippen LogP contribution in [0.1, 0.15) is 50.8 Å². The number of benzene rings is 2. The fraction of sp³-hybridized carbons (Fsp3) is 0.250. The van der Waals surface area contributed by atoms with Crippen LogP contribution in [0.3, 0.4) is 0 Å². The molecule has 3 heteroatoms. The highest BCUT2D eigenvalue weighted by molar-refractivity contribution is 5.94. The Hall–Kier alpha value is -2.94. The molecule has 0 saturated carbocycles. The van der Waals surface area contributed by atoms with E-state index in [1.807, 2.05) is 24.0 Å². The van der Waals surface area contributed by atoms with Crippen LogP contribution in [0, 0.1) is 13.8 Å². The minimum Gasteiger partial charge on any atom is -0.327 e. The monoisotopic (exact) mass is 356 g/mol. The third-order valence-electron chi connectivity index (χ3n) is 5.37. The molecule has 0 bridgehead atoms. The predicted octanol–water partition coefficient (Wildman–Crippen LogP) is 5.03. The molecule has 0 saturated heterocycles. The van der Waals surface area contributed by atoms with Gasteiger partial charge in [0.1, 0.15) is 0 Å². The zero-order chi connectivity index (χ0) is 18.8. The Morgan fingerprint density at radius 2 is 1.81 bits per heavy atom. The van der Waals surface area contributed by atoms with Crippen molar-refractivity contribution in [3.63, 3.8) is 0 Å². The van der Waals surface area contributed by atoms with Gasteiger partial charge < -0.3 is 4.90 Å². The molecular weight excluding hydrogens is 332 g/mol. The summed E-state index contributed by atoms with van der Waals surface area (Å²) in [4.78, 5) is 19.8. The first-order valence-corrected chi connectivity index (χ1v) is 9.49. The smallest absolute Gasteiger partial charge is 0.256 e. The Balaban J connectivity index is 1.70. The summed E-state index contributed by atoms with van der Waals surface area (Å²) in [6.07, 6.45) is 3.68. The maximum atomic E-state index is 13.4. The van der Waals surface area contributed by atoms with E-state index in [9.17, 15) is 4.79 Å². The lowest BCUT2D eigenvalue weighted by atomic mass is 10.0. The highest BCUT2D eigenvalue weighted by atomic mass is 16.2. The van der Waals surface area contributed by atoms with E-state index in [0.29, 0.717) is 12.1 Å². The molecule has 0 fully saturated rings. The maximum Gasteiger partial charge on any atom is 0.256 e. The van der Waals surface area contributed by atoms with Crippen LogP contribution in [0.2, 0.25) is 0 Å². The van der Waals surface area contributed by atoms with Crippen LogP contribution < -0.4 is 0 Å². The first kappa shape index (κ1) is 17.5. The van der Waals surface area contributed by atoms with Gasteiger partial charge in [-0.1, -0.05) is 54.1 Å². The Labute approximate surface area is 160 Å². The molecule has 3 aromatic rings. The number of nitrogens with zero attached hydrogens (tertiary/aromatic N) is 2. The van der Waals surface area contributed by atoms with E-state index in [4.69, 9.17) is 0 Å². The van der Waals surface area contributed by atoms with Gasteiger partial charge in [-0.2, -0.15) is 0 Å². The van der Waals surface area contributed by atoms with E-state index < -0.39 is 0 Å². The van der Waals surface area contributed by atoms with E-state index in [1.54, 1.807) is 6.20 Å². The van der Waals surface area contributed by atoms with Gasteiger partial charge in [-0.15, -0.1) is 0 Å². The number of amides is 1. The van der Waals surface area contributed by atoms with Crippen LogP contribution in [0.5, 0.6) is 0 Å². The van der Waals surface area contributed by atoms with Gasteiger partial charge in [-0.25, -0.2) is 0 Å². The van der Waals surface area contributed by atoms with Crippen molar-refractivity contribution in [1.29, 1.82) is 0 Å². The third-order valence-corrected chi connectivity index (χ3v) is 5.37. The van der Waals surface area contributed by atoms with Gasteiger partial charge in [-0.05, 0) is 55.5 Å². The Morgan fingerprint density at radius 1 is 1.04 bits per heavy atom. The van der Waals surface area contributed by atoms with Gasteiger partial charge in [0.15, 0.2) is 0 Å². The molecule has 0 aliphatic heterocycles. The lowest BCUT2D eigenvalue weighted by Crippen LogP contribution is -2.33.